The number of nitro groups is 1. The van der Waals surface area contributed by atoms with Crippen LogP contribution in [0.15, 0.2) is 0 Å². The van der Waals surface area contributed by atoms with E-state index in [1.165, 1.54) is 6.42 Å². The van der Waals surface area contributed by atoms with Crippen molar-refractivity contribution in [3.8, 4) is 0 Å². The maximum Gasteiger partial charge on any atom is 0.406 e. The molecule has 2 rings (SSSR count). The zero-order valence-electron chi connectivity index (χ0n) is 11.9. The summed E-state index contributed by atoms with van der Waals surface area (Å²) in [5, 5.41) is 14.2. The number of aryl methyl sites for hydroxylation is 1. The van der Waals surface area contributed by atoms with E-state index in [4.69, 9.17) is 0 Å². The minimum Gasteiger partial charge on any atom is -0.362 e. The number of hydrogen-bond donors (Lipinski definition) is 1. The van der Waals surface area contributed by atoms with Gasteiger partial charge in [-0.25, -0.2) is 0 Å². The second kappa shape index (κ2) is 4.80. The van der Waals surface area contributed by atoms with E-state index in [2.05, 4.69) is 29.3 Å². The Morgan fingerprint density at radius 2 is 2.16 bits per heavy atom. The van der Waals surface area contributed by atoms with Crippen molar-refractivity contribution in [2.75, 3.05) is 26.0 Å². The summed E-state index contributed by atoms with van der Waals surface area (Å²) in [5.74, 6) is 1.05. The molecule has 0 unspecified atom stereocenters. The molecule has 1 heterocycles. The second-order valence-electron chi connectivity index (χ2n) is 5.47. The van der Waals surface area contributed by atoms with Gasteiger partial charge in [0.2, 0.25) is 11.6 Å². The first-order valence-electron chi connectivity index (χ1n) is 6.46. The van der Waals surface area contributed by atoms with Gasteiger partial charge in [0.05, 0.1) is 0 Å². The average molecular weight is 267 g/mol. The molecule has 0 amide bonds. The number of anilines is 1. The molecule has 0 aromatic carbocycles. The van der Waals surface area contributed by atoms with Crippen LogP contribution in [0.5, 0.6) is 0 Å². The van der Waals surface area contributed by atoms with Gasteiger partial charge in [-0.1, -0.05) is 0 Å². The lowest BCUT2D eigenvalue weighted by atomic mass is 9.75. The van der Waals surface area contributed by atoms with Gasteiger partial charge in [-0.2, -0.15) is 0 Å². The number of aromatic nitrogens is 2. The molecule has 7 nitrogen and oxygen atoms in total. The largest absolute Gasteiger partial charge is 0.406 e. The number of nitrogens with zero attached hydrogens (tertiary/aromatic N) is 4. The van der Waals surface area contributed by atoms with Gasteiger partial charge >= 0.3 is 5.82 Å². The lowest BCUT2D eigenvalue weighted by Crippen LogP contribution is -2.54. The predicted octanol–water partition coefficient (Wildman–Crippen LogP) is 1.53. The molecule has 0 saturated heterocycles. The maximum absolute atomic E-state index is 11.0. The van der Waals surface area contributed by atoms with Crippen molar-refractivity contribution in [3.63, 3.8) is 0 Å². The zero-order valence-corrected chi connectivity index (χ0v) is 11.9. The molecule has 0 radical (unpaired) electrons. The first-order valence-corrected chi connectivity index (χ1v) is 6.46. The Morgan fingerprint density at radius 1 is 1.53 bits per heavy atom. The van der Waals surface area contributed by atoms with E-state index in [9.17, 15) is 10.1 Å². The van der Waals surface area contributed by atoms with Crippen molar-refractivity contribution in [2.24, 2.45) is 7.05 Å². The topological polar surface area (TPSA) is 76.2 Å². The molecule has 1 aromatic heterocycles. The number of hydrogen-bond acceptors (Lipinski definition) is 5. The quantitative estimate of drug-likeness (QED) is 0.646. The van der Waals surface area contributed by atoms with Crippen molar-refractivity contribution in [1.29, 1.82) is 0 Å². The van der Waals surface area contributed by atoms with Gasteiger partial charge in [0.25, 0.3) is 0 Å². The molecular weight excluding hydrogens is 246 g/mol. The zero-order chi connectivity index (χ0) is 14.2. The number of rotatable bonds is 5. The molecule has 1 N–H and O–H groups in total. The van der Waals surface area contributed by atoms with Crippen LogP contribution in [0.4, 0.5) is 11.6 Å². The fraction of sp³-hybridized carbons (Fsp3) is 0.750. The number of nitrogens with one attached hydrogen (secondary N) is 1. The van der Waals surface area contributed by atoms with Crippen molar-refractivity contribution in [1.82, 2.24) is 14.5 Å². The summed E-state index contributed by atoms with van der Waals surface area (Å²) in [7, 11) is 5.91. The minimum absolute atomic E-state index is 0.0896. The van der Waals surface area contributed by atoms with Crippen molar-refractivity contribution in [3.05, 3.63) is 15.9 Å². The minimum atomic E-state index is -0.432. The molecule has 0 aliphatic heterocycles. The third-order valence-electron chi connectivity index (χ3n) is 4.29. The molecule has 1 saturated carbocycles. The van der Waals surface area contributed by atoms with Crippen LogP contribution in [-0.2, 0) is 7.05 Å². The highest BCUT2D eigenvalue weighted by Crippen LogP contribution is 2.37. The van der Waals surface area contributed by atoms with E-state index in [1.807, 2.05) is 0 Å². The highest BCUT2D eigenvalue weighted by atomic mass is 16.6. The highest BCUT2D eigenvalue weighted by Gasteiger charge is 2.39. The van der Waals surface area contributed by atoms with Gasteiger partial charge in [0.1, 0.15) is 0 Å². The van der Waals surface area contributed by atoms with Crippen molar-refractivity contribution < 1.29 is 4.92 Å². The Morgan fingerprint density at radius 3 is 2.58 bits per heavy atom. The summed E-state index contributed by atoms with van der Waals surface area (Å²) < 4.78 is 1.74. The van der Waals surface area contributed by atoms with Gasteiger partial charge in [0.15, 0.2) is 0 Å². The summed E-state index contributed by atoms with van der Waals surface area (Å²) in [4.78, 5) is 16.8. The van der Waals surface area contributed by atoms with Gasteiger partial charge in [-0.15, -0.1) is 0 Å². The van der Waals surface area contributed by atoms with Crippen LogP contribution in [0.25, 0.3) is 0 Å². The van der Waals surface area contributed by atoms with E-state index in [-0.39, 0.29) is 11.4 Å². The van der Waals surface area contributed by atoms with Crippen LogP contribution >= 0.6 is 0 Å². The molecule has 0 spiro atoms. The van der Waals surface area contributed by atoms with E-state index < -0.39 is 4.92 Å². The fourth-order valence-electron chi connectivity index (χ4n) is 2.53. The third-order valence-corrected chi connectivity index (χ3v) is 4.29. The summed E-state index contributed by atoms with van der Waals surface area (Å²) in [5.41, 5.74) is 0.117. The monoisotopic (exact) mass is 267 g/mol. The van der Waals surface area contributed by atoms with Gasteiger partial charge < -0.3 is 20.3 Å². The van der Waals surface area contributed by atoms with E-state index in [0.29, 0.717) is 18.2 Å². The molecule has 1 aromatic rings. The van der Waals surface area contributed by atoms with Gasteiger partial charge in [0, 0.05) is 26.1 Å². The number of imidazole rings is 1. The Labute approximate surface area is 112 Å². The van der Waals surface area contributed by atoms with E-state index in [1.54, 1.807) is 18.5 Å². The standard InChI is InChI=1S/C12H21N5O2/c1-9-14-11(17(18)19)10(16(9)4)13-8-12(15(2)3)6-5-7-12/h13H,5-8H2,1-4H3. The highest BCUT2D eigenvalue weighted by molar-refractivity contribution is 5.53. The van der Waals surface area contributed by atoms with Gasteiger partial charge in [-0.05, 0) is 43.3 Å². The normalized spacial score (nSPS) is 17.3. The molecule has 1 aliphatic rings. The van der Waals surface area contributed by atoms with Crippen LogP contribution in [0, 0.1) is 17.0 Å². The maximum atomic E-state index is 11.0. The molecule has 7 heteroatoms. The molecular formula is C12H21N5O2. The smallest absolute Gasteiger partial charge is 0.362 e. The SMILES string of the molecule is Cc1nc([N+](=O)[O-])c(NCC2(N(C)C)CCC2)n1C. The van der Waals surface area contributed by atoms with Crippen LogP contribution in [-0.4, -0.2) is 45.6 Å². The summed E-state index contributed by atoms with van der Waals surface area (Å²) in [6.45, 7) is 2.48. The first kappa shape index (κ1) is 13.8. The fourth-order valence-corrected chi connectivity index (χ4v) is 2.53. The predicted molar refractivity (Wildman–Crippen MR) is 73.4 cm³/mol. The first-order chi connectivity index (χ1) is 8.87. The summed E-state index contributed by atoms with van der Waals surface area (Å²) >= 11 is 0. The third kappa shape index (κ3) is 2.30. The summed E-state index contributed by atoms with van der Waals surface area (Å²) in [6, 6.07) is 0. The Bertz CT molecular complexity index is 491. The van der Waals surface area contributed by atoms with E-state index in [0.717, 1.165) is 12.8 Å². The number of likely N-dealkylation sites (N-methyl/N-ethyl adjacent to an activating group) is 1. The van der Waals surface area contributed by atoms with E-state index >= 15 is 0 Å². The van der Waals surface area contributed by atoms with Crippen LogP contribution in [0.2, 0.25) is 0 Å². The van der Waals surface area contributed by atoms with Crippen LogP contribution in [0.1, 0.15) is 25.1 Å². The Kier molecular flexibility index (Phi) is 3.49. The molecule has 0 atom stereocenters. The van der Waals surface area contributed by atoms with Gasteiger partial charge in [-0.3, -0.25) is 4.57 Å². The lowest BCUT2D eigenvalue weighted by molar-refractivity contribution is -0.388. The molecule has 106 valence electrons. The van der Waals surface area contributed by atoms with Crippen molar-refractivity contribution in [2.45, 2.75) is 31.7 Å². The summed E-state index contributed by atoms with van der Waals surface area (Å²) in [6.07, 6.45) is 3.46. The Hall–Kier alpha value is -1.63. The molecule has 1 fully saturated rings. The van der Waals surface area contributed by atoms with Crippen molar-refractivity contribution >= 4 is 11.6 Å². The Balaban J connectivity index is 2.17. The molecule has 0 bridgehead atoms. The molecule has 1 aliphatic carbocycles. The average Bonchev–Trinajstić information content (AvgIpc) is 2.55. The lowest BCUT2D eigenvalue weighted by Gasteiger charge is -2.47. The molecule has 19 heavy (non-hydrogen) atoms. The van der Waals surface area contributed by atoms with Crippen LogP contribution in [0.3, 0.4) is 0 Å². The van der Waals surface area contributed by atoms with Crippen LogP contribution < -0.4 is 5.32 Å². The second-order valence-corrected chi connectivity index (χ2v) is 5.47.